The fourth-order valence-corrected chi connectivity index (χ4v) is 3.23. The molecule has 0 saturated carbocycles. The van der Waals surface area contributed by atoms with Crippen LogP contribution >= 0.6 is 0 Å². The second kappa shape index (κ2) is 9.32. The Morgan fingerprint density at radius 2 is 1.83 bits per heavy atom. The van der Waals surface area contributed by atoms with Gasteiger partial charge in [0.05, 0.1) is 18.1 Å². The van der Waals surface area contributed by atoms with E-state index in [-0.39, 0.29) is 24.1 Å². The Hall–Kier alpha value is -3.22. The maximum Gasteiger partial charge on any atom is 0.338 e. The standard InChI is InChI=1S/C22H23FN2O4/c1-2-29-22(28)16-5-9-19(10-6-16)24-21(27)17-13-20(26)25(14-17)12-11-15-3-7-18(23)8-4-15/h3-10,17H,2,11-14H2,1H3,(H,24,27). The third-order valence-corrected chi connectivity index (χ3v) is 4.83. The summed E-state index contributed by atoms with van der Waals surface area (Å²) in [6, 6.07) is 12.6. The van der Waals surface area contributed by atoms with Gasteiger partial charge in [0.25, 0.3) is 0 Å². The first-order valence-corrected chi connectivity index (χ1v) is 9.56. The van der Waals surface area contributed by atoms with Crippen LogP contribution < -0.4 is 5.32 Å². The van der Waals surface area contributed by atoms with Gasteiger partial charge >= 0.3 is 5.97 Å². The zero-order valence-corrected chi connectivity index (χ0v) is 16.2. The van der Waals surface area contributed by atoms with Gasteiger partial charge in [-0.3, -0.25) is 9.59 Å². The molecule has 0 radical (unpaired) electrons. The van der Waals surface area contributed by atoms with E-state index < -0.39 is 11.9 Å². The SMILES string of the molecule is CCOC(=O)c1ccc(NC(=O)C2CC(=O)N(CCc3ccc(F)cc3)C2)cc1. The van der Waals surface area contributed by atoms with Crippen molar-refractivity contribution in [1.29, 1.82) is 0 Å². The third kappa shape index (κ3) is 5.40. The number of carbonyl (C=O) groups excluding carboxylic acids is 3. The van der Waals surface area contributed by atoms with Crippen molar-refractivity contribution < 1.29 is 23.5 Å². The Labute approximate surface area is 168 Å². The number of anilines is 1. The molecule has 3 rings (SSSR count). The van der Waals surface area contributed by atoms with Gasteiger partial charge in [-0.15, -0.1) is 0 Å². The summed E-state index contributed by atoms with van der Waals surface area (Å²) >= 11 is 0. The molecule has 0 bridgehead atoms. The summed E-state index contributed by atoms with van der Waals surface area (Å²) in [7, 11) is 0. The number of nitrogens with one attached hydrogen (secondary N) is 1. The molecule has 0 aromatic heterocycles. The van der Waals surface area contributed by atoms with E-state index in [2.05, 4.69) is 5.32 Å². The second-order valence-corrected chi connectivity index (χ2v) is 6.90. The number of carbonyl (C=O) groups is 3. The molecule has 1 heterocycles. The Morgan fingerprint density at radius 3 is 2.48 bits per heavy atom. The van der Waals surface area contributed by atoms with Gasteiger partial charge < -0.3 is 15.0 Å². The molecule has 1 aliphatic rings. The average Bonchev–Trinajstić information content (AvgIpc) is 3.09. The summed E-state index contributed by atoms with van der Waals surface area (Å²) < 4.78 is 17.9. The highest BCUT2D eigenvalue weighted by Gasteiger charge is 2.34. The molecule has 0 aliphatic carbocycles. The van der Waals surface area contributed by atoms with E-state index in [1.807, 2.05) is 0 Å². The molecule has 6 nitrogen and oxygen atoms in total. The number of halogens is 1. The van der Waals surface area contributed by atoms with Crippen LogP contribution in [0.15, 0.2) is 48.5 Å². The maximum absolute atomic E-state index is 13.0. The third-order valence-electron chi connectivity index (χ3n) is 4.83. The first-order valence-electron chi connectivity index (χ1n) is 9.56. The van der Waals surface area contributed by atoms with Gasteiger partial charge in [0.2, 0.25) is 11.8 Å². The number of rotatable bonds is 7. The Balaban J connectivity index is 1.52. The summed E-state index contributed by atoms with van der Waals surface area (Å²) in [5.74, 6) is -1.43. The maximum atomic E-state index is 13.0. The number of esters is 1. The van der Waals surface area contributed by atoms with Crippen molar-refractivity contribution in [2.75, 3.05) is 25.0 Å². The topological polar surface area (TPSA) is 75.7 Å². The van der Waals surface area contributed by atoms with Crippen molar-refractivity contribution >= 4 is 23.5 Å². The molecule has 1 N–H and O–H groups in total. The normalized spacial score (nSPS) is 16.0. The smallest absolute Gasteiger partial charge is 0.338 e. The molecule has 1 aliphatic heterocycles. The van der Waals surface area contributed by atoms with Gasteiger partial charge in [0.15, 0.2) is 0 Å². The number of hydrogen-bond acceptors (Lipinski definition) is 4. The Bertz CT molecular complexity index is 881. The highest BCUT2D eigenvalue weighted by atomic mass is 19.1. The van der Waals surface area contributed by atoms with Crippen LogP contribution in [0.25, 0.3) is 0 Å². The first-order chi connectivity index (χ1) is 14.0. The Kier molecular flexibility index (Phi) is 6.59. The fraction of sp³-hybridized carbons (Fsp3) is 0.318. The van der Waals surface area contributed by atoms with Crippen molar-refractivity contribution in [1.82, 2.24) is 4.90 Å². The largest absolute Gasteiger partial charge is 0.462 e. The summed E-state index contributed by atoms with van der Waals surface area (Å²) in [6.07, 6.45) is 0.770. The quantitative estimate of drug-likeness (QED) is 0.728. The molecule has 2 aromatic carbocycles. The lowest BCUT2D eigenvalue weighted by Gasteiger charge is -2.16. The van der Waals surface area contributed by atoms with Crippen LogP contribution in [-0.4, -0.2) is 42.4 Å². The minimum Gasteiger partial charge on any atom is -0.462 e. The van der Waals surface area contributed by atoms with Crippen LogP contribution in [0, 0.1) is 11.7 Å². The molecule has 1 saturated heterocycles. The number of hydrogen-bond donors (Lipinski definition) is 1. The molecule has 2 aromatic rings. The first kappa shape index (κ1) is 20.5. The molecule has 1 atom stereocenters. The van der Waals surface area contributed by atoms with Crippen molar-refractivity contribution in [3.63, 3.8) is 0 Å². The van der Waals surface area contributed by atoms with Gasteiger partial charge in [-0.2, -0.15) is 0 Å². The molecule has 29 heavy (non-hydrogen) atoms. The van der Waals surface area contributed by atoms with Crippen molar-refractivity contribution in [3.05, 3.63) is 65.5 Å². The predicted octanol–water partition coefficient (Wildman–Crippen LogP) is 3.03. The van der Waals surface area contributed by atoms with Crippen LogP contribution in [-0.2, 0) is 20.7 Å². The molecule has 1 unspecified atom stereocenters. The number of nitrogens with zero attached hydrogens (tertiary/aromatic N) is 1. The van der Waals surface area contributed by atoms with Crippen molar-refractivity contribution in [2.24, 2.45) is 5.92 Å². The summed E-state index contributed by atoms with van der Waals surface area (Å²) in [4.78, 5) is 38.1. The highest BCUT2D eigenvalue weighted by molar-refractivity contribution is 5.97. The molecule has 152 valence electrons. The molecule has 7 heteroatoms. The Morgan fingerprint density at radius 1 is 1.14 bits per heavy atom. The van der Waals surface area contributed by atoms with Gasteiger partial charge in [-0.25, -0.2) is 9.18 Å². The van der Waals surface area contributed by atoms with Gasteiger partial charge in [-0.1, -0.05) is 12.1 Å². The molecule has 2 amide bonds. The second-order valence-electron chi connectivity index (χ2n) is 6.90. The lowest BCUT2D eigenvalue weighted by atomic mass is 10.1. The lowest BCUT2D eigenvalue weighted by molar-refractivity contribution is -0.128. The van der Waals surface area contributed by atoms with E-state index in [0.717, 1.165) is 5.56 Å². The predicted molar refractivity (Wildman–Crippen MR) is 106 cm³/mol. The van der Waals surface area contributed by atoms with E-state index in [4.69, 9.17) is 4.74 Å². The van der Waals surface area contributed by atoms with Crippen molar-refractivity contribution in [3.8, 4) is 0 Å². The number of ether oxygens (including phenoxy) is 1. The van der Waals surface area contributed by atoms with E-state index in [0.29, 0.717) is 37.4 Å². The zero-order chi connectivity index (χ0) is 20.8. The molecule has 1 fully saturated rings. The number of amides is 2. The van der Waals surface area contributed by atoms with Crippen LogP contribution in [0.3, 0.4) is 0 Å². The van der Waals surface area contributed by atoms with Crippen LogP contribution in [0.4, 0.5) is 10.1 Å². The summed E-state index contributed by atoms with van der Waals surface area (Å²) in [5, 5.41) is 2.79. The fourth-order valence-electron chi connectivity index (χ4n) is 3.23. The molecular weight excluding hydrogens is 375 g/mol. The van der Waals surface area contributed by atoms with E-state index in [1.165, 1.54) is 12.1 Å². The summed E-state index contributed by atoms with van der Waals surface area (Å²) in [5.41, 5.74) is 1.90. The van der Waals surface area contributed by atoms with Gasteiger partial charge in [0.1, 0.15) is 5.82 Å². The monoisotopic (exact) mass is 398 g/mol. The number of benzene rings is 2. The lowest BCUT2D eigenvalue weighted by Crippen LogP contribution is -2.30. The van der Waals surface area contributed by atoms with Crippen molar-refractivity contribution in [2.45, 2.75) is 19.8 Å². The summed E-state index contributed by atoms with van der Waals surface area (Å²) in [6.45, 7) is 2.87. The zero-order valence-electron chi connectivity index (χ0n) is 16.2. The van der Waals surface area contributed by atoms with Gasteiger partial charge in [0, 0.05) is 25.2 Å². The van der Waals surface area contributed by atoms with Crippen LogP contribution in [0.1, 0.15) is 29.3 Å². The van der Waals surface area contributed by atoms with E-state index in [1.54, 1.807) is 48.2 Å². The van der Waals surface area contributed by atoms with Gasteiger partial charge in [-0.05, 0) is 55.3 Å². The molecular formula is C22H23FN2O4. The van der Waals surface area contributed by atoms with E-state index in [9.17, 15) is 18.8 Å². The minimum absolute atomic E-state index is 0.0649. The minimum atomic E-state index is -0.430. The molecule has 0 spiro atoms. The van der Waals surface area contributed by atoms with E-state index >= 15 is 0 Å². The van der Waals surface area contributed by atoms with Crippen LogP contribution in [0.5, 0.6) is 0 Å². The average molecular weight is 398 g/mol. The van der Waals surface area contributed by atoms with Crippen LogP contribution in [0.2, 0.25) is 0 Å². The number of likely N-dealkylation sites (tertiary alicyclic amines) is 1. The highest BCUT2D eigenvalue weighted by Crippen LogP contribution is 2.21.